The molecule has 1 aromatic heterocycles. The first-order valence-electron chi connectivity index (χ1n) is 6.37. The average molecular weight is 299 g/mol. The van der Waals surface area contributed by atoms with Crippen LogP contribution in [0.3, 0.4) is 0 Å². The molecular weight excluding hydrogens is 288 g/mol. The van der Waals surface area contributed by atoms with Gasteiger partial charge in [-0.25, -0.2) is 9.78 Å². The van der Waals surface area contributed by atoms with Crippen LogP contribution in [0.4, 0.5) is 4.79 Å². The van der Waals surface area contributed by atoms with Gasteiger partial charge in [0, 0.05) is 17.3 Å². The van der Waals surface area contributed by atoms with Crippen molar-refractivity contribution in [2.45, 2.75) is 6.04 Å². The summed E-state index contributed by atoms with van der Waals surface area (Å²) in [5.41, 5.74) is 2.64. The fraction of sp³-hybridized carbons (Fsp3) is 0.125. The van der Waals surface area contributed by atoms with Crippen LogP contribution in [0.15, 0.2) is 42.6 Å². The second-order valence-electron chi connectivity index (χ2n) is 4.54. The summed E-state index contributed by atoms with van der Waals surface area (Å²) in [4.78, 5) is 15.0. The maximum atomic E-state index is 11.1. The lowest BCUT2D eigenvalue weighted by molar-refractivity contribution is 0.177. The number of aromatic nitrogens is 1. The van der Waals surface area contributed by atoms with E-state index in [4.69, 9.17) is 16.3 Å². The molecule has 1 aromatic carbocycles. The number of carbonyl (C=O) groups is 1. The van der Waals surface area contributed by atoms with E-state index in [1.807, 2.05) is 24.3 Å². The lowest BCUT2D eigenvalue weighted by Gasteiger charge is -2.07. The monoisotopic (exact) mass is 298 g/mol. The molecule has 5 heteroatoms. The van der Waals surface area contributed by atoms with Crippen LogP contribution in [-0.2, 0) is 4.74 Å². The van der Waals surface area contributed by atoms with E-state index >= 15 is 0 Å². The first-order valence-corrected chi connectivity index (χ1v) is 6.75. The van der Waals surface area contributed by atoms with Gasteiger partial charge in [0.05, 0.1) is 6.04 Å². The Hall–Kier alpha value is -2.51. The quantitative estimate of drug-likeness (QED) is 0.650. The van der Waals surface area contributed by atoms with Gasteiger partial charge >= 0.3 is 6.09 Å². The van der Waals surface area contributed by atoms with E-state index in [1.165, 1.54) is 0 Å². The number of nitrogens with one attached hydrogen (secondary N) is 1. The minimum absolute atomic E-state index is 0.116. The molecule has 0 saturated carbocycles. The lowest BCUT2D eigenvalue weighted by Crippen LogP contribution is -2.18. The number of hydrogen-bond acceptors (Lipinski definition) is 3. The third kappa shape index (κ3) is 3.33. The van der Waals surface area contributed by atoms with Gasteiger partial charge in [0.15, 0.2) is 0 Å². The molecule has 1 fully saturated rings. The van der Waals surface area contributed by atoms with Crippen LogP contribution >= 0.6 is 11.6 Å². The number of alkyl carbamates (subject to hydrolysis) is 1. The molecule has 1 aliphatic heterocycles. The predicted octanol–water partition coefficient (Wildman–Crippen LogP) is 2.92. The molecule has 0 bridgehead atoms. The minimum Gasteiger partial charge on any atom is -0.447 e. The van der Waals surface area contributed by atoms with Crippen molar-refractivity contribution >= 4 is 17.7 Å². The molecule has 104 valence electrons. The first-order chi connectivity index (χ1) is 10.2. The fourth-order valence-corrected chi connectivity index (χ4v) is 2.20. The number of amides is 1. The molecule has 0 unspecified atom stereocenters. The van der Waals surface area contributed by atoms with Crippen LogP contribution in [0.5, 0.6) is 0 Å². The van der Waals surface area contributed by atoms with Crippen molar-refractivity contribution in [2.75, 3.05) is 6.61 Å². The molecular formula is C16H11ClN2O2. The highest BCUT2D eigenvalue weighted by Crippen LogP contribution is 2.18. The standard InChI is InChI=1S/C16H11ClN2O2/c17-15-9-12(6-7-18-15)5-4-11-2-1-3-13(8-11)14-10-21-16(20)19-14/h1-3,6-9,14H,10H2,(H,19,20)/t14-/m0/s1. The minimum atomic E-state index is -0.386. The summed E-state index contributed by atoms with van der Waals surface area (Å²) in [7, 11) is 0. The Bertz CT molecular complexity index is 749. The summed E-state index contributed by atoms with van der Waals surface area (Å²) in [5.74, 6) is 6.11. The van der Waals surface area contributed by atoms with Crippen LogP contribution in [0.2, 0.25) is 5.15 Å². The Kier molecular flexibility index (Phi) is 3.76. The number of pyridine rings is 1. The van der Waals surface area contributed by atoms with Crippen molar-refractivity contribution in [3.8, 4) is 11.8 Å². The third-order valence-corrected chi connectivity index (χ3v) is 3.25. The number of benzene rings is 1. The second kappa shape index (κ2) is 5.86. The Morgan fingerprint density at radius 3 is 2.76 bits per heavy atom. The largest absolute Gasteiger partial charge is 0.447 e. The molecule has 2 aromatic rings. The SMILES string of the molecule is O=C1N[C@H](c2cccc(C#Cc3ccnc(Cl)c3)c2)CO1. The molecule has 0 aliphatic carbocycles. The van der Waals surface area contributed by atoms with Gasteiger partial charge in [-0.2, -0.15) is 0 Å². The molecule has 0 spiro atoms. The third-order valence-electron chi connectivity index (χ3n) is 3.04. The van der Waals surface area contributed by atoms with E-state index < -0.39 is 0 Å². The molecule has 4 nitrogen and oxygen atoms in total. The summed E-state index contributed by atoms with van der Waals surface area (Å²) in [6.07, 6.45) is 1.23. The fourth-order valence-electron chi connectivity index (χ4n) is 2.02. The predicted molar refractivity (Wildman–Crippen MR) is 78.9 cm³/mol. The highest BCUT2D eigenvalue weighted by Gasteiger charge is 2.23. The van der Waals surface area contributed by atoms with Crippen LogP contribution in [0.25, 0.3) is 0 Å². The Morgan fingerprint density at radius 1 is 1.24 bits per heavy atom. The number of nitrogens with zero attached hydrogens (tertiary/aromatic N) is 1. The smallest absolute Gasteiger partial charge is 0.407 e. The van der Waals surface area contributed by atoms with Crippen molar-refractivity contribution in [1.29, 1.82) is 0 Å². The van der Waals surface area contributed by atoms with E-state index in [0.29, 0.717) is 11.8 Å². The van der Waals surface area contributed by atoms with Gasteiger partial charge in [-0.15, -0.1) is 0 Å². The number of halogens is 1. The number of cyclic esters (lactones) is 1. The van der Waals surface area contributed by atoms with Crippen molar-refractivity contribution in [2.24, 2.45) is 0 Å². The van der Waals surface area contributed by atoms with Crippen molar-refractivity contribution < 1.29 is 9.53 Å². The van der Waals surface area contributed by atoms with E-state index in [2.05, 4.69) is 22.1 Å². The summed E-state index contributed by atoms with van der Waals surface area (Å²) in [6.45, 7) is 0.343. The maximum Gasteiger partial charge on any atom is 0.407 e. The number of hydrogen-bond donors (Lipinski definition) is 1. The molecule has 1 amide bonds. The summed E-state index contributed by atoms with van der Waals surface area (Å²) < 4.78 is 4.89. The van der Waals surface area contributed by atoms with Crippen molar-refractivity contribution in [3.05, 3.63) is 64.4 Å². The zero-order valence-electron chi connectivity index (χ0n) is 11.0. The molecule has 1 atom stereocenters. The van der Waals surface area contributed by atoms with E-state index in [-0.39, 0.29) is 12.1 Å². The Balaban J connectivity index is 1.82. The van der Waals surface area contributed by atoms with Crippen molar-refractivity contribution in [3.63, 3.8) is 0 Å². The number of carbonyl (C=O) groups excluding carboxylic acids is 1. The molecule has 0 radical (unpaired) electrons. The van der Waals surface area contributed by atoms with E-state index in [1.54, 1.807) is 18.3 Å². The first kappa shape index (κ1) is 13.5. The molecule has 21 heavy (non-hydrogen) atoms. The zero-order valence-corrected chi connectivity index (χ0v) is 11.7. The van der Waals surface area contributed by atoms with Gasteiger partial charge in [-0.3, -0.25) is 0 Å². The van der Waals surface area contributed by atoms with Gasteiger partial charge in [0.25, 0.3) is 0 Å². The summed E-state index contributed by atoms with van der Waals surface area (Å²) in [5, 5.41) is 3.16. The Morgan fingerprint density at radius 2 is 2.05 bits per heavy atom. The average Bonchev–Trinajstić information content (AvgIpc) is 2.92. The molecule has 2 heterocycles. The molecule has 3 rings (SSSR count). The lowest BCUT2D eigenvalue weighted by atomic mass is 10.0. The Labute approximate surface area is 127 Å². The summed E-state index contributed by atoms with van der Waals surface area (Å²) >= 11 is 5.82. The van der Waals surface area contributed by atoms with Gasteiger partial charge in [0.2, 0.25) is 0 Å². The highest BCUT2D eigenvalue weighted by molar-refractivity contribution is 6.29. The molecule has 1 aliphatic rings. The van der Waals surface area contributed by atoms with Crippen LogP contribution < -0.4 is 5.32 Å². The highest BCUT2D eigenvalue weighted by atomic mass is 35.5. The summed E-state index contributed by atoms with van der Waals surface area (Å²) in [6, 6.07) is 11.1. The van der Waals surface area contributed by atoms with Crippen molar-refractivity contribution in [1.82, 2.24) is 10.3 Å². The van der Waals surface area contributed by atoms with Gasteiger partial charge in [-0.05, 0) is 29.8 Å². The van der Waals surface area contributed by atoms with Gasteiger partial charge < -0.3 is 10.1 Å². The van der Waals surface area contributed by atoms with E-state index in [0.717, 1.165) is 16.7 Å². The maximum absolute atomic E-state index is 11.1. The number of rotatable bonds is 1. The number of ether oxygens (including phenoxy) is 1. The zero-order chi connectivity index (χ0) is 14.7. The second-order valence-corrected chi connectivity index (χ2v) is 4.93. The van der Waals surface area contributed by atoms with Crippen LogP contribution in [0, 0.1) is 11.8 Å². The molecule has 1 N–H and O–H groups in total. The topological polar surface area (TPSA) is 51.2 Å². The van der Waals surface area contributed by atoms with Gasteiger partial charge in [-0.1, -0.05) is 35.6 Å². The molecule has 1 saturated heterocycles. The van der Waals surface area contributed by atoms with Gasteiger partial charge in [0.1, 0.15) is 11.8 Å². The van der Waals surface area contributed by atoms with Crippen LogP contribution in [0.1, 0.15) is 22.7 Å². The van der Waals surface area contributed by atoms with Crippen LogP contribution in [-0.4, -0.2) is 17.7 Å². The normalized spacial score (nSPS) is 16.6. The van der Waals surface area contributed by atoms with E-state index in [9.17, 15) is 4.79 Å².